The summed E-state index contributed by atoms with van der Waals surface area (Å²) >= 11 is 0. The molecule has 0 aromatic heterocycles. The van der Waals surface area contributed by atoms with Gasteiger partial charge in [-0.25, -0.2) is 19.2 Å². The molecule has 2 aromatic rings. The normalized spacial score (nSPS) is 14.6. The van der Waals surface area contributed by atoms with E-state index in [0.717, 1.165) is 0 Å². The number of ether oxygens (including phenoxy) is 2. The zero-order valence-corrected chi connectivity index (χ0v) is 16.9. The van der Waals surface area contributed by atoms with Crippen LogP contribution in [0.5, 0.6) is 0 Å². The third-order valence-corrected chi connectivity index (χ3v) is 4.65. The summed E-state index contributed by atoms with van der Waals surface area (Å²) in [6, 6.07) is 16.4. The molecule has 2 aromatic carbocycles. The summed E-state index contributed by atoms with van der Waals surface area (Å²) in [5.74, 6) is -1.49. The minimum atomic E-state index is -0.800. The van der Waals surface area contributed by atoms with Gasteiger partial charge in [0, 0.05) is 39.3 Å². The summed E-state index contributed by atoms with van der Waals surface area (Å²) in [5, 5.41) is 3.10. The molecule has 9 heteroatoms. The van der Waals surface area contributed by atoms with Gasteiger partial charge in [-0.2, -0.15) is 0 Å². The maximum Gasteiger partial charge on any atom is 0.417 e. The zero-order valence-electron chi connectivity index (χ0n) is 16.9. The van der Waals surface area contributed by atoms with E-state index in [1.807, 2.05) is 0 Å². The van der Waals surface area contributed by atoms with Crippen molar-refractivity contribution in [1.29, 1.82) is 0 Å². The molecule has 1 aliphatic rings. The zero-order chi connectivity index (χ0) is 22.1. The van der Waals surface area contributed by atoms with Crippen LogP contribution in [-0.4, -0.2) is 73.2 Å². The molecule has 1 aliphatic heterocycles. The molecule has 1 heterocycles. The Morgan fingerprint density at radius 2 is 1.00 bits per heavy atom. The lowest BCUT2D eigenvalue weighted by molar-refractivity contribution is 0.0491. The van der Waals surface area contributed by atoms with Crippen molar-refractivity contribution in [3.05, 3.63) is 71.8 Å². The Labute approximate surface area is 179 Å². The molecule has 0 spiro atoms. The van der Waals surface area contributed by atoms with Crippen LogP contribution < -0.4 is 5.32 Å². The highest BCUT2D eigenvalue weighted by atomic mass is 16.6. The lowest BCUT2D eigenvalue weighted by Crippen LogP contribution is -2.43. The Balaban J connectivity index is 1.58. The summed E-state index contributed by atoms with van der Waals surface area (Å²) in [4.78, 5) is 51.9. The van der Waals surface area contributed by atoms with Gasteiger partial charge in [0.1, 0.15) is 0 Å². The Morgan fingerprint density at radius 1 is 0.613 bits per heavy atom. The maximum atomic E-state index is 12.5. The van der Waals surface area contributed by atoms with E-state index in [4.69, 9.17) is 9.47 Å². The van der Waals surface area contributed by atoms with Crippen LogP contribution in [0, 0.1) is 0 Å². The van der Waals surface area contributed by atoms with Crippen LogP contribution in [-0.2, 0) is 9.47 Å². The molecule has 1 N–H and O–H groups in total. The first-order valence-electron chi connectivity index (χ1n) is 9.87. The number of hydrogen-bond acceptors (Lipinski definition) is 7. The molecular weight excluding hydrogens is 402 g/mol. The average molecular weight is 425 g/mol. The van der Waals surface area contributed by atoms with Crippen molar-refractivity contribution in [1.82, 2.24) is 15.1 Å². The first-order valence-corrected chi connectivity index (χ1v) is 9.87. The van der Waals surface area contributed by atoms with Crippen LogP contribution in [0.15, 0.2) is 60.7 Å². The molecule has 2 amide bonds. The van der Waals surface area contributed by atoms with Crippen molar-refractivity contribution in [2.24, 2.45) is 0 Å². The molecular formula is C22H23N3O6. The minimum absolute atomic E-state index is 0.122. The van der Waals surface area contributed by atoms with E-state index in [1.54, 1.807) is 60.7 Å². The fourth-order valence-corrected chi connectivity index (χ4v) is 2.94. The molecule has 9 nitrogen and oxygen atoms in total. The monoisotopic (exact) mass is 425 g/mol. The van der Waals surface area contributed by atoms with Gasteiger partial charge >= 0.3 is 24.1 Å². The highest BCUT2D eigenvalue weighted by Crippen LogP contribution is 2.07. The van der Waals surface area contributed by atoms with Crippen molar-refractivity contribution in [2.45, 2.75) is 0 Å². The smallest absolute Gasteiger partial charge is 0.372 e. The van der Waals surface area contributed by atoms with Crippen LogP contribution in [0.4, 0.5) is 9.59 Å². The van der Waals surface area contributed by atoms with Crippen LogP contribution in [0.1, 0.15) is 20.7 Å². The van der Waals surface area contributed by atoms with Gasteiger partial charge in [-0.05, 0) is 24.3 Å². The van der Waals surface area contributed by atoms with E-state index in [2.05, 4.69) is 5.32 Å². The van der Waals surface area contributed by atoms with E-state index in [9.17, 15) is 19.2 Å². The van der Waals surface area contributed by atoms with Gasteiger partial charge in [-0.3, -0.25) is 0 Å². The van der Waals surface area contributed by atoms with E-state index in [1.165, 1.54) is 9.80 Å². The van der Waals surface area contributed by atoms with Crippen molar-refractivity contribution in [2.75, 3.05) is 39.3 Å². The average Bonchev–Trinajstić information content (AvgIpc) is 2.92. The Kier molecular flexibility index (Phi) is 7.72. The van der Waals surface area contributed by atoms with Crippen molar-refractivity contribution in [3.8, 4) is 0 Å². The number of rotatable bonds is 2. The largest absolute Gasteiger partial charge is 0.417 e. The second-order valence-electron chi connectivity index (χ2n) is 6.77. The molecule has 0 saturated carbocycles. The summed E-state index contributed by atoms with van der Waals surface area (Å²) in [6.45, 7) is 1.76. The SMILES string of the molecule is O=C(OC(=O)N1CCNCCN(C(=O)OC(=O)c2ccccc2)CC1)c1ccccc1. The Bertz CT molecular complexity index is 844. The van der Waals surface area contributed by atoms with Gasteiger partial charge in [0.25, 0.3) is 0 Å². The quantitative estimate of drug-likeness (QED) is 0.581. The van der Waals surface area contributed by atoms with Crippen LogP contribution in [0.3, 0.4) is 0 Å². The van der Waals surface area contributed by atoms with Crippen LogP contribution >= 0.6 is 0 Å². The molecule has 0 unspecified atom stereocenters. The summed E-state index contributed by atoms with van der Waals surface area (Å²) in [5.41, 5.74) is 0.533. The van der Waals surface area contributed by atoms with Crippen molar-refractivity contribution in [3.63, 3.8) is 0 Å². The van der Waals surface area contributed by atoms with E-state index >= 15 is 0 Å². The molecule has 0 aliphatic carbocycles. The number of amides is 2. The number of carbonyl (C=O) groups excluding carboxylic acids is 4. The van der Waals surface area contributed by atoms with Crippen LogP contribution in [0.25, 0.3) is 0 Å². The number of benzene rings is 2. The number of nitrogens with zero attached hydrogens (tertiary/aromatic N) is 2. The number of nitrogens with one attached hydrogen (secondary N) is 1. The maximum absolute atomic E-state index is 12.5. The van der Waals surface area contributed by atoms with Gasteiger partial charge < -0.3 is 24.6 Å². The second-order valence-corrected chi connectivity index (χ2v) is 6.77. The first-order chi connectivity index (χ1) is 15.0. The summed E-state index contributed by atoms with van der Waals surface area (Å²) in [6.07, 6.45) is -1.60. The lowest BCUT2D eigenvalue weighted by Gasteiger charge is -2.24. The van der Waals surface area contributed by atoms with Gasteiger partial charge in [0.05, 0.1) is 11.1 Å². The van der Waals surface area contributed by atoms with E-state index in [0.29, 0.717) is 26.2 Å². The van der Waals surface area contributed by atoms with Gasteiger partial charge in [-0.1, -0.05) is 36.4 Å². The number of esters is 2. The standard InChI is InChI=1S/C22H23N3O6/c26-19(17-7-3-1-4-8-17)30-21(28)24-13-11-23-12-14-25(16-15-24)22(29)31-20(27)18-9-5-2-6-10-18/h1-10,23H,11-16H2. The summed E-state index contributed by atoms with van der Waals surface area (Å²) < 4.78 is 9.93. The summed E-state index contributed by atoms with van der Waals surface area (Å²) in [7, 11) is 0. The van der Waals surface area contributed by atoms with Crippen LogP contribution in [0.2, 0.25) is 0 Å². The van der Waals surface area contributed by atoms with Gasteiger partial charge in [-0.15, -0.1) is 0 Å². The fraction of sp³-hybridized carbons (Fsp3) is 0.273. The highest BCUT2D eigenvalue weighted by molar-refractivity contribution is 5.97. The number of hydrogen-bond donors (Lipinski definition) is 1. The molecule has 31 heavy (non-hydrogen) atoms. The molecule has 0 radical (unpaired) electrons. The van der Waals surface area contributed by atoms with Gasteiger partial charge in [0.2, 0.25) is 0 Å². The molecule has 1 saturated heterocycles. The Hall–Kier alpha value is -3.72. The Morgan fingerprint density at radius 3 is 1.39 bits per heavy atom. The van der Waals surface area contributed by atoms with E-state index < -0.39 is 24.1 Å². The van der Waals surface area contributed by atoms with E-state index in [-0.39, 0.29) is 24.2 Å². The number of carbonyl (C=O) groups is 4. The first kappa shape index (κ1) is 22.0. The fourth-order valence-electron chi connectivity index (χ4n) is 2.94. The van der Waals surface area contributed by atoms with Gasteiger partial charge in [0.15, 0.2) is 0 Å². The highest BCUT2D eigenvalue weighted by Gasteiger charge is 2.25. The lowest BCUT2D eigenvalue weighted by atomic mass is 10.2. The van der Waals surface area contributed by atoms with Crippen molar-refractivity contribution < 1.29 is 28.7 Å². The minimum Gasteiger partial charge on any atom is -0.372 e. The second kappa shape index (κ2) is 10.9. The molecule has 1 fully saturated rings. The molecule has 0 atom stereocenters. The molecule has 0 bridgehead atoms. The third kappa shape index (κ3) is 6.38. The predicted molar refractivity (Wildman–Crippen MR) is 111 cm³/mol. The topological polar surface area (TPSA) is 105 Å². The predicted octanol–water partition coefficient (Wildman–Crippen LogP) is 2.15. The molecule has 162 valence electrons. The van der Waals surface area contributed by atoms with Crippen molar-refractivity contribution >= 4 is 24.1 Å². The third-order valence-electron chi connectivity index (χ3n) is 4.65. The molecule has 3 rings (SSSR count).